The highest BCUT2D eigenvalue weighted by atomic mass is 16.3. The molecule has 2 rings (SSSR count). The molecule has 0 spiro atoms. The van der Waals surface area contributed by atoms with Gasteiger partial charge in [0.2, 0.25) is 0 Å². The van der Waals surface area contributed by atoms with Crippen LogP contribution in [0.5, 0.6) is 0 Å². The molecule has 0 aliphatic heterocycles. The quantitative estimate of drug-likeness (QED) is 0.665. The third kappa shape index (κ3) is 6.67. The Kier molecular flexibility index (Phi) is 8.22. The zero-order valence-electron chi connectivity index (χ0n) is 15.6. The maximum absolute atomic E-state index is 12.3. The van der Waals surface area contributed by atoms with Crippen LogP contribution in [-0.2, 0) is 13.1 Å². The largest absolute Gasteiger partial charge is 0.396 e. The highest BCUT2D eigenvalue weighted by Crippen LogP contribution is 2.23. The number of hydrogen-bond donors (Lipinski definition) is 3. The number of aliphatic hydroxyl groups excluding tert-OH is 1. The summed E-state index contributed by atoms with van der Waals surface area (Å²) < 4.78 is 0. The number of nitrogens with one attached hydrogen (secondary N) is 2. The van der Waals surface area contributed by atoms with E-state index in [0.29, 0.717) is 6.54 Å². The Morgan fingerprint density at radius 3 is 2.76 bits per heavy atom. The number of nitrogens with zero attached hydrogens (tertiary/aromatic N) is 1. The minimum atomic E-state index is -0.138. The Hall–Kier alpha value is -1.59. The molecule has 1 fully saturated rings. The summed E-state index contributed by atoms with van der Waals surface area (Å²) >= 11 is 0. The molecule has 0 saturated heterocycles. The lowest BCUT2D eigenvalue weighted by Crippen LogP contribution is -2.45. The summed E-state index contributed by atoms with van der Waals surface area (Å²) in [5.74, 6) is 0.182. The summed E-state index contributed by atoms with van der Waals surface area (Å²) in [6.45, 7) is 4.74. The molecule has 0 aromatic heterocycles. The van der Waals surface area contributed by atoms with Gasteiger partial charge in [-0.15, -0.1) is 0 Å². The molecule has 3 N–H and O–H groups in total. The van der Waals surface area contributed by atoms with Crippen molar-refractivity contribution in [3.63, 3.8) is 0 Å². The minimum absolute atomic E-state index is 0.0806. The van der Waals surface area contributed by atoms with E-state index in [9.17, 15) is 9.90 Å². The normalized spacial score (nSPS) is 21.0. The smallest absolute Gasteiger partial charge is 0.315 e. The van der Waals surface area contributed by atoms with Crippen molar-refractivity contribution in [3.8, 4) is 0 Å². The summed E-state index contributed by atoms with van der Waals surface area (Å²) in [5.41, 5.74) is 2.37. The molecule has 1 aromatic carbocycles. The predicted molar refractivity (Wildman–Crippen MR) is 101 cm³/mol. The summed E-state index contributed by atoms with van der Waals surface area (Å²) in [6, 6.07) is 8.29. The standard InChI is InChI=1S/C20H33N3O2/c1-3-23(2)14-17-9-7-8-16(12-17)13-21-20(25)22-19-11-6-4-5-10-18(19)15-24/h7-9,12,18-19,24H,3-6,10-11,13-15H2,1-2H3,(H2,21,22,25). The molecular weight excluding hydrogens is 314 g/mol. The van der Waals surface area contributed by atoms with E-state index in [1.54, 1.807) is 0 Å². The molecule has 2 amide bonds. The Morgan fingerprint density at radius 2 is 2.00 bits per heavy atom. The van der Waals surface area contributed by atoms with Crippen LogP contribution in [0.1, 0.15) is 50.2 Å². The molecule has 5 nitrogen and oxygen atoms in total. The maximum Gasteiger partial charge on any atom is 0.315 e. The molecule has 5 heteroatoms. The van der Waals surface area contributed by atoms with Crippen LogP contribution in [0.25, 0.3) is 0 Å². The van der Waals surface area contributed by atoms with Crippen molar-refractivity contribution in [1.82, 2.24) is 15.5 Å². The van der Waals surface area contributed by atoms with Crippen LogP contribution < -0.4 is 10.6 Å². The van der Waals surface area contributed by atoms with Gasteiger partial charge in [0.15, 0.2) is 0 Å². The lowest BCUT2D eigenvalue weighted by molar-refractivity contribution is 0.179. The first-order valence-electron chi connectivity index (χ1n) is 9.54. The number of carbonyl (C=O) groups is 1. The van der Waals surface area contributed by atoms with Crippen LogP contribution in [0.2, 0.25) is 0 Å². The minimum Gasteiger partial charge on any atom is -0.396 e. The van der Waals surface area contributed by atoms with Gasteiger partial charge in [0, 0.05) is 31.7 Å². The Labute approximate surface area is 151 Å². The molecule has 0 heterocycles. The van der Waals surface area contributed by atoms with Crippen LogP contribution in [-0.4, -0.2) is 42.3 Å². The maximum atomic E-state index is 12.3. The van der Waals surface area contributed by atoms with Gasteiger partial charge < -0.3 is 20.6 Å². The van der Waals surface area contributed by atoms with E-state index < -0.39 is 0 Å². The van der Waals surface area contributed by atoms with Gasteiger partial charge in [0.1, 0.15) is 0 Å². The number of hydrogen-bond acceptors (Lipinski definition) is 3. The van der Waals surface area contributed by atoms with E-state index in [0.717, 1.165) is 44.3 Å². The lowest BCUT2D eigenvalue weighted by atomic mass is 9.96. The van der Waals surface area contributed by atoms with Gasteiger partial charge in [0.05, 0.1) is 0 Å². The summed E-state index contributed by atoms with van der Waals surface area (Å²) in [5, 5.41) is 15.6. The number of carbonyl (C=O) groups excluding carboxylic acids is 1. The van der Waals surface area contributed by atoms with Gasteiger partial charge in [-0.2, -0.15) is 0 Å². The van der Waals surface area contributed by atoms with Crippen molar-refractivity contribution in [2.45, 2.75) is 58.2 Å². The van der Waals surface area contributed by atoms with Gasteiger partial charge in [-0.05, 0) is 37.6 Å². The molecule has 1 aliphatic rings. The fourth-order valence-electron chi connectivity index (χ4n) is 3.46. The fourth-order valence-corrected chi connectivity index (χ4v) is 3.46. The second-order valence-electron chi connectivity index (χ2n) is 7.16. The predicted octanol–water partition coefficient (Wildman–Crippen LogP) is 2.88. The highest BCUT2D eigenvalue weighted by molar-refractivity contribution is 5.74. The number of rotatable bonds is 7. The van der Waals surface area contributed by atoms with E-state index in [1.807, 2.05) is 12.1 Å². The Bertz CT molecular complexity index is 535. The van der Waals surface area contributed by atoms with Gasteiger partial charge in [-0.25, -0.2) is 4.79 Å². The van der Waals surface area contributed by atoms with Crippen LogP contribution in [0.3, 0.4) is 0 Å². The topological polar surface area (TPSA) is 64.6 Å². The molecule has 1 saturated carbocycles. The molecule has 25 heavy (non-hydrogen) atoms. The second kappa shape index (κ2) is 10.4. The zero-order valence-corrected chi connectivity index (χ0v) is 15.6. The van der Waals surface area contributed by atoms with Gasteiger partial charge in [-0.3, -0.25) is 0 Å². The summed E-state index contributed by atoms with van der Waals surface area (Å²) in [7, 11) is 2.10. The third-order valence-electron chi connectivity index (χ3n) is 5.15. The average molecular weight is 348 g/mol. The summed E-state index contributed by atoms with van der Waals surface area (Å²) in [6.07, 6.45) is 5.40. The van der Waals surface area contributed by atoms with Gasteiger partial charge in [0.25, 0.3) is 0 Å². The molecular formula is C20H33N3O2. The molecule has 0 bridgehead atoms. The van der Waals surface area contributed by atoms with Crippen molar-refractivity contribution in [3.05, 3.63) is 35.4 Å². The van der Waals surface area contributed by atoms with Crippen molar-refractivity contribution in [1.29, 1.82) is 0 Å². The van der Waals surface area contributed by atoms with E-state index in [1.165, 1.54) is 12.0 Å². The van der Waals surface area contributed by atoms with E-state index >= 15 is 0 Å². The van der Waals surface area contributed by atoms with Crippen molar-refractivity contribution >= 4 is 6.03 Å². The molecule has 2 unspecified atom stereocenters. The number of aliphatic hydroxyl groups is 1. The first kappa shape index (κ1) is 19.7. The third-order valence-corrected chi connectivity index (χ3v) is 5.15. The highest BCUT2D eigenvalue weighted by Gasteiger charge is 2.24. The molecule has 1 aliphatic carbocycles. The fraction of sp³-hybridized carbons (Fsp3) is 0.650. The van der Waals surface area contributed by atoms with E-state index in [4.69, 9.17) is 0 Å². The van der Waals surface area contributed by atoms with Crippen LogP contribution in [0, 0.1) is 5.92 Å². The lowest BCUT2D eigenvalue weighted by Gasteiger charge is -2.24. The number of benzene rings is 1. The monoisotopic (exact) mass is 347 g/mol. The van der Waals surface area contributed by atoms with Crippen molar-refractivity contribution in [2.24, 2.45) is 5.92 Å². The first-order valence-corrected chi connectivity index (χ1v) is 9.54. The molecule has 1 aromatic rings. The number of urea groups is 1. The zero-order chi connectivity index (χ0) is 18.1. The van der Waals surface area contributed by atoms with Crippen LogP contribution in [0.4, 0.5) is 4.79 Å². The SMILES string of the molecule is CCN(C)Cc1cccc(CNC(=O)NC2CCCCCC2CO)c1. The Balaban J connectivity index is 1.83. The summed E-state index contributed by atoms with van der Waals surface area (Å²) in [4.78, 5) is 14.5. The van der Waals surface area contributed by atoms with Crippen molar-refractivity contribution in [2.75, 3.05) is 20.2 Å². The van der Waals surface area contributed by atoms with E-state index in [2.05, 4.69) is 41.6 Å². The first-order chi connectivity index (χ1) is 12.1. The Morgan fingerprint density at radius 1 is 1.24 bits per heavy atom. The van der Waals surface area contributed by atoms with E-state index in [-0.39, 0.29) is 24.6 Å². The molecule has 140 valence electrons. The van der Waals surface area contributed by atoms with Gasteiger partial charge in [-0.1, -0.05) is 50.5 Å². The van der Waals surface area contributed by atoms with Gasteiger partial charge >= 0.3 is 6.03 Å². The molecule has 2 atom stereocenters. The van der Waals surface area contributed by atoms with Crippen LogP contribution >= 0.6 is 0 Å². The van der Waals surface area contributed by atoms with Crippen LogP contribution in [0.15, 0.2) is 24.3 Å². The molecule has 0 radical (unpaired) electrons. The second-order valence-corrected chi connectivity index (χ2v) is 7.16. The van der Waals surface area contributed by atoms with Crippen molar-refractivity contribution < 1.29 is 9.90 Å². The number of amides is 2. The average Bonchev–Trinajstić information content (AvgIpc) is 2.85.